The number of nitrogens with zero attached hydrogens (tertiary/aromatic N) is 3. The van der Waals surface area contributed by atoms with Crippen LogP contribution in [0.3, 0.4) is 0 Å². The number of primary amides is 1. The van der Waals surface area contributed by atoms with E-state index < -0.39 is 0 Å². The predicted octanol–water partition coefficient (Wildman–Crippen LogP) is 0.406. The zero-order valence-corrected chi connectivity index (χ0v) is 11.2. The lowest BCUT2D eigenvalue weighted by Crippen LogP contribution is -2.30. The fourth-order valence-corrected chi connectivity index (χ4v) is 3.00. The van der Waals surface area contributed by atoms with Crippen LogP contribution in [0.2, 0.25) is 0 Å². The SMILES string of the molecule is CC1CC(Nc2cnn(CC(N)=O)c2)CN1C1CC1. The van der Waals surface area contributed by atoms with Gasteiger partial charge in [0.1, 0.15) is 6.54 Å². The first kappa shape index (κ1) is 12.5. The van der Waals surface area contributed by atoms with Crippen LogP contribution in [0.25, 0.3) is 0 Å². The summed E-state index contributed by atoms with van der Waals surface area (Å²) in [5, 5.41) is 7.62. The van der Waals surface area contributed by atoms with Crippen LogP contribution in [0.4, 0.5) is 5.69 Å². The number of hydrogen-bond donors (Lipinski definition) is 2. The van der Waals surface area contributed by atoms with Gasteiger partial charge in [-0.1, -0.05) is 0 Å². The second-order valence-corrected chi connectivity index (χ2v) is 5.75. The first-order valence-electron chi connectivity index (χ1n) is 6.95. The van der Waals surface area contributed by atoms with Gasteiger partial charge in [-0.3, -0.25) is 14.4 Å². The van der Waals surface area contributed by atoms with Gasteiger partial charge in [0, 0.05) is 30.9 Å². The van der Waals surface area contributed by atoms with Gasteiger partial charge >= 0.3 is 0 Å². The van der Waals surface area contributed by atoms with Crippen LogP contribution in [0.1, 0.15) is 26.2 Å². The lowest BCUT2D eigenvalue weighted by molar-refractivity contribution is -0.118. The van der Waals surface area contributed by atoms with Gasteiger partial charge in [0.25, 0.3) is 0 Å². The molecule has 104 valence electrons. The highest BCUT2D eigenvalue weighted by Gasteiger charge is 2.38. The molecule has 1 saturated carbocycles. The maximum atomic E-state index is 10.8. The summed E-state index contributed by atoms with van der Waals surface area (Å²) in [5.74, 6) is -0.371. The molecule has 1 aromatic heterocycles. The molecule has 6 nitrogen and oxygen atoms in total. The molecule has 1 aromatic rings. The third-order valence-electron chi connectivity index (χ3n) is 3.96. The molecule has 3 N–H and O–H groups in total. The molecule has 1 saturated heterocycles. The number of anilines is 1. The van der Waals surface area contributed by atoms with Crippen molar-refractivity contribution in [2.45, 2.75) is 50.9 Å². The van der Waals surface area contributed by atoms with E-state index in [-0.39, 0.29) is 12.5 Å². The molecule has 1 amide bonds. The molecule has 0 radical (unpaired) electrons. The molecule has 3 rings (SSSR count). The van der Waals surface area contributed by atoms with Crippen LogP contribution in [-0.2, 0) is 11.3 Å². The van der Waals surface area contributed by atoms with Crippen LogP contribution in [0.15, 0.2) is 12.4 Å². The van der Waals surface area contributed by atoms with E-state index in [1.165, 1.54) is 12.8 Å². The number of nitrogens with two attached hydrogens (primary N) is 1. The van der Waals surface area contributed by atoms with E-state index in [2.05, 4.69) is 22.2 Å². The molecule has 19 heavy (non-hydrogen) atoms. The van der Waals surface area contributed by atoms with E-state index in [0.717, 1.165) is 24.7 Å². The Morgan fingerprint density at radius 2 is 2.37 bits per heavy atom. The summed E-state index contributed by atoms with van der Waals surface area (Å²) in [6.45, 7) is 3.54. The Kier molecular flexibility index (Phi) is 3.18. The van der Waals surface area contributed by atoms with Gasteiger partial charge in [-0.15, -0.1) is 0 Å². The number of rotatable bonds is 5. The second-order valence-electron chi connectivity index (χ2n) is 5.75. The van der Waals surface area contributed by atoms with Crippen LogP contribution >= 0.6 is 0 Å². The van der Waals surface area contributed by atoms with Crippen LogP contribution in [-0.4, -0.2) is 45.3 Å². The Labute approximate surface area is 112 Å². The Morgan fingerprint density at radius 3 is 3.05 bits per heavy atom. The van der Waals surface area contributed by atoms with Crippen LogP contribution in [0, 0.1) is 0 Å². The average molecular weight is 263 g/mol. The Bertz CT molecular complexity index is 467. The normalized spacial score (nSPS) is 27.6. The zero-order valence-electron chi connectivity index (χ0n) is 11.2. The van der Waals surface area contributed by atoms with E-state index in [4.69, 9.17) is 5.73 Å². The highest BCUT2D eigenvalue weighted by atomic mass is 16.1. The summed E-state index contributed by atoms with van der Waals surface area (Å²) in [5.41, 5.74) is 6.12. The largest absolute Gasteiger partial charge is 0.378 e. The number of amides is 1. The highest BCUT2D eigenvalue weighted by molar-refractivity contribution is 5.73. The average Bonchev–Trinajstić information content (AvgIpc) is 2.99. The molecule has 1 aliphatic carbocycles. The van der Waals surface area contributed by atoms with Crippen molar-refractivity contribution in [2.75, 3.05) is 11.9 Å². The summed E-state index contributed by atoms with van der Waals surface area (Å²) in [6, 6.07) is 1.95. The third-order valence-corrected chi connectivity index (χ3v) is 3.96. The highest BCUT2D eigenvalue weighted by Crippen LogP contribution is 2.33. The summed E-state index contributed by atoms with van der Waals surface area (Å²) in [4.78, 5) is 13.4. The maximum Gasteiger partial charge on any atom is 0.239 e. The number of carbonyl (C=O) groups is 1. The molecule has 0 bridgehead atoms. The van der Waals surface area contributed by atoms with Crippen molar-refractivity contribution in [3.63, 3.8) is 0 Å². The minimum atomic E-state index is -0.371. The molecule has 2 unspecified atom stereocenters. The minimum absolute atomic E-state index is 0.136. The molecule has 1 aliphatic heterocycles. The number of nitrogens with one attached hydrogen (secondary N) is 1. The first-order valence-corrected chi connectivity index (χ1v) is 6.95. The maximum absolute atomic E-state index is 10.8. The van der Waals surface area contributed by atoms with E-state index in [1.54, 1.807) is 10.9 Å². The van der Waals surface area contributed by atoms with Crippen molar-refractivity contribution < 1.29 is 4.79 Å². The van der Waals surface area contributed by atoms with Gasteiger partial charge in [-0.05, 0) is 26.2 Å². The first-order chi connectivity index (χ1) is 9.11. The molecule has 0 aromatic carbocycles. The summed E-state index contributed by atoms with van der Waals surface area (Å²) in [7, 11) is 0. The smallest absolute Gasteiger partial charge is 0.239 e. The zero-order chi connectivity index (χ0) is 13.4. The van der Waals surface area contributed by atoms with Crippen molar-refractivity contribution in [3.8, 4) is 0 Å². The van der Waals surface area contributed by atoms with Crippen molar-refractivity contribution in [3.05, 3.63) is 12.4 Å². The van der Waals surface area contributed by atoms with Gasteiger partial charge < -0.3 is 11.1 Å². The molecule has 2 atom stereocenters. The predicted molar refractivity (Wildman–Crippen MR) is 72.6 cm³/mol. The van der Waals surface area contributed by atoms with E-state index in [1.807, 2.05) is 6.20 Å². The van der Waals surface area contributed by atoms with Crippen molar-refractivity contribution in [2.24, 2.45) is 5.73 Å². The monoisotopic (exact) mass is 263 g/mol. The van der Waals surface area contributed by atoms with E-state index in [9.17, 15) is 4.79 Å². The van der Waals surface area contributed by atoms with Crippen LogP contribution in [0.5, 0.6) is 0 Å². The van der Waals surface area contributed by atoms with Crippen molar-refractivity contribution in [1.29, 1.82) is 0 Å². The molecular weight excluding hydrogens is 242 g/mol. The Hall–Kier alpha value is -1.56. The fourth-order valence-electron chi connectivity index (χ4n) is 3.00. The van der Waals surface area contributed by atoms with E-state index >= 15 is 0 Å². The van der Waals surface area contributed by atoms with Gasteiger partial charge in [0.05, 0.1) is 11.9 Å². The van der Waals surface area contributed by atoms with Gasteiger partial charge in [0.15, 0.2) is 0 Å². The molecule has 6 heteroatoms. The molecule has 2 aliphatic rings. The number of aromatic nitrogens is 2. The lowest BCUT2D eigenvalue weighted by Gasteiger charge is -2.19. The second kappa shape index (κ2) is 4.85. The summed E-state index contributed by atoms with van der Waals surface area (Å²) >= 11 is 0. The minimum Gasteiger partial charge on any atom is -0.378 e. The number of carbonyl (C=O) groups excluding carboxylic acids is 1. The van der Waals surface area contributed by atoms with Gasteiger partial charge in [0.2, 0.25) is 5.91 Å². The molecule has 2 fully saturated rings. The van der Waals surface area contributed by atoms with Gasteiger partial charge in [-0.2, -0.15) is 5.10 Å². The Morgan fingerprint density at radius 1 is 1.58 bits per heavy atom. The van der Waals surface area contributed by atoms with Crippen molar-refractivity contribution in [1.82, 2.24) is 14.7 Å². The summed E-state index contributed by atoms with van der Waals surface area (Å²) < 4.78 is 1.57. The topological polar surface area (TPSA) is 76.2 Å². The van der Waals surface area contributed by atoms with Gasteiger partial charge in [-0.25, -0.2) is 0 Å². The molecule has 0 spiro atoms. The summed E-state index contributed by atoms with van der Waals surface area (Å²) in [6.07, 6.45) is 7.47. The number of hydrogen-bond acceptors (Lipinski definition) is 4. The third kappa shape index (κ3) is 2.89. The molecule has 2 heterocycles. The quantitative estimate of drug-likeness (QED) is 0.806. The van der Waals surface area contributed by atoms with E-state index in [0.29, 0.717) is 12.1 Å². The fraction of sp³-hybridized carbons (Fsp3) is 0.692. The van der Waals surface area contributed by atoms with Crippen LogP contribution < -0.4 is 11.1 Å². The standard InChI is InChI=1S/C13H21N5O/c1-9-4-10(7-18(9)12-2-3-12)16-11-5-15-17(6-11)8-13(14)19/h5-6,9-10,12,16H,2-4,7-8H2,1H3,(H2,14,19). The van der Waals surface area contributed by atoms with Crippen molar-refractivity contribution >= 4 is 11.6 Å². The number of likely N-dealkylation sites (tertiary alicyclic amines) is 1. The Balaban J connectivity index is 1.56. The molecular formula is C13H21N5O. The lowest BCUT2D eigenvalue weighted by atomic mass is 10.2.